The lowest BCUT2D eigenvalue weighted by molar-refractivity contribution is 1.06. The quantitative estimate of drug-likeness (QED) is 0.358. The standard InChI is InChI=1S/C26H19N7/c1-3-9-19(10-4-1)29-24-23-25(33(17-28-23)21-11-5-2-6-12-21)32-26(31-24)30-20-13-14-22-18(16-20)8-7-15-27-22/h1-17H,(H2,29,30,31,32). The third kappa shape index (κ3) is 3.72. The van der Waals surface area contributed by atoms with Gasteiger partial charge in [-0.2, -0.15) is 9.97 Å². The van der Waals surface area contributed by atoms with E-state index in [9.17, 15) is 0 Å². The summed E-state index contributed by atoms with van der Waals surface area (Å²) in [6.45, 7) is 0. The van der Waals surface area contributed by atoms with Gasteiger partial charge in [0, 0.05) is 28.6 Å². The largest absolute Gasteiger partial charge is 0.338 e. The second-order valence-electron chi connectivity index (χ2n) is 7.55. The van der Waals surface area contributed by atoms with Crippen molar-refractivity contribution in [3.05, 3.63) is 104 Å². The molecule has 0 saturated heterocycles. The molecule has 3 aromatic heterocycles. The van der Waals surface area contributed by atoms with Gasteiger partial charge in [-0.25, -0.2) is 4.98 Å². The predicted octanol–water partition coefficient (Wildman–Crippen LogP) is 5.85. The van der Waals surface area contributed by atoms with Gasteiger partial charge in [0.1, 0.15) is 6.33 Å². The Morgan fingerprint density at radius 3 is 2.33 bits per heavy atom. The number of imidazole rings is 1. The number of pyridine rings is 1. The highest BCUT2D eigenvalue weighted by atomic mass is 15.2. The molecular formula is C26H19N7. The van der Waals surface area contributed by atoms with Crippen molar-refractivity contribution in [3.8, 4) is 5.69 Å². The maximum absolute atomic E-state index is 4.81. The normalized spacial score (nSPS) is 11.0. The molecule has 158 valence electrons. The van der Waals surface area contributed by atoms with Gasteiger partial charge in [0.05, 0.1) is 5.52 Å². The maximum atomic E-state index is 4.81. The van der Waals surface area contributed by atoms with Crippen molar-refractivity contribution >= 4 is 45.2 Å². The van der Waals surface area contributed by atoms with E-state index >= 15 is 0 Å². The van der Waals surface area contributed by atoms with Crippen molar-refractivity contribution in [1.82, 2.24) is 24.5 Å². The Hall–Kier alpha value is -4.78. The number of anilines is 4. The molecule has 0 radical (unpaired) electrons. The van der Waals surface area contributed by atoms with Gasteiger partial charge in [-0.05, 0) is 48.5 Å². The summed E-state index contributed by atoms with van der Waals surface area (Å²) >= 11 is 0. The Balaban J connectivity index is 1.47. The number of benzene rings is 3. The molecule has 6 rings (SSSR count). The highest BCUT2D eigenvalue weighted by molar-refractivity contribution is 5.88. The van der Waals surface area contributed by atoms with Crippen LogP contribution in [0.2, 0.25) is 0 Å². The van der Waals surface area contributed by atoms with Gasteiger partial charge in [0.25, 0.3) is 0 Å². The number of para-hydroxylation sites is 2. The van der Waals surface area contributed by atoms with E-state index in [1.165, 1.54) is 0 Å². The summed E-state index contributed by atoms with van der Waals surface area (Å²) in [5.74, 6) is 1.10. The highest BCUT2D eigenvalue weighted by Crippen LogP contribution is 2.28. The number of rotatable bonds is 5. The number of nitrogens with one attached hydrogen (secondary N) is 2. The van der Waals surface area contributed by atoms with Crippen LogP contribution in [0, 0.1) is 0 Å². The van der Waals surface area contributed by atoms with Gasteiger partial charge < -0.3 is 10.6 Å². The van der Waals surface area contributed by atoms with Crippen molar-refractivity contribution in [1.29, 1.82) is 0 Å². The first-order valence-electron chi connectivity index (χ1n) is 10.6. The average molecular weight is 429 g/mol. The fourth-order valence-electron chi connectivity index (χ4n) is 3.76. The lowest BCUT2D eigenvalue weighted by atomic mass is 10.2. The molecule has 0 amide bonds. The van der Waals surface area contributed by atoms with Crippen LogP contribution in [0.5, 0.6) is 0 Å². The average Bonchev–Trinajstić information content (AvgIpc) is 3.29. The number of aromatic nitrogens is 5. The fraction of sp³-hybridized carbons (Fsp3) is 0. The van der Waals surface area contributed by atoms with Gasteiger partial charge in [0.2, 0.25) is 5.95 Å². The van der Waals surface area contributed by atoms with E-state index in [1.54, 1.807) is 12.5 Å². The zero-order chi connectivity index (χ0) is 22.0. The van der Waals surface area contributed by atoms with Crippen LogP contribution in [-0.4, -0.2) is 24.5 Å². The van der Waals surface area contributed by atoms with E-state index in [2.05, 4.69) is 20.6 Å². The van der Waals surface area contributed by atoms with Crippen LogP contribution >= 0.6 is 0 Å². The third-order valence-electron chi connectivity index (χ3n) is 5.33. The van der Waals surface area contributed by atoms with Crippen LogP contribution in [0.25, 0.3) is 27.8 Å². The van der Waals surface area contributed by atoms with E-state index in [0.29, 0.717) is 22.9 Å². The number of fused-ring (bicyclic) bond motifs is 2. The van der Waals surface area contributed by atoms with E-state index in [1.807, 2.05) is 95.6 Å². The van der Waals surface area contributed by atoms with Crippen LogP contribution < -0.4 is 10.6 Å². The third-order valence-corrected chi connectivity index (χ3v) is 5.33. The highest BCUT2D eigenvalue weighted by Gasteiger charge is 2.15. The monoisotopic (exact) mass is 429 g/mol. The molecule has 0 saturated carbocycles. The summed E-state index contributed by atoms with van der Waals surface area (Å²) in [6.07, 6.45) is 3.56. The molecule has 33 heavy (non-hydrogen) atoms. The molecule has 0 spiro atoms. The Morgan fingerprint density at radius 2 is 1.48 bits per heavy atom. The van der Waals surface area contributed by atoms with Crippen molar-refractivity contribution in [3.63, 3.8) is 0 Å². The summed E-state index contributed by atoms with van der Waals surface area (Å²) in [5, 5.41) is 7.78. The summed E-state index contributed by atoms with van der Waals surface area (Å²) in [7, 11) is 0. The number of hydrogen-bond donors (Lipinski definition) is 2. The minimum Gasteiger partial charge on any atom is -0.338 e. The lowest BCUT2D eigenvalue weighted by Crippen LogP contribution is -2.04. The molecule has 0 unspecified atom stereocenters. The maximum Gasteiger partial charge on any atom is 0.231 e. The smallest absolute Gasteiger partial charge is 0.231 e. The van der Waals surface area contributed by atoms with Crippen LogP contribution in [0.3, 0.4) is 0 Å². The number of nitrogens with zero attached hydrogens (tertiary/aromatic N) is 5. The molecule has 0 aliphatic heterocycles. The van der Waals surface area contributed by atoms with Crippen LogP contribution in [0.1, 0.15) is 0 Å². The van der Waals surface area contributed by atoms with Crippen molar-refractivity contribution in [2.24, 2.45) is 0 Å². The summed E-state index contributed by atoms with van der Waals surface area (Å²) in [6, 6.07) is 29.9. The van der Waals surface area contributed by atoms with Gasteiger partial charge in [-0.15, -0.1) is 0 Å². The molecule has 7 nitrogen and oxygen atoms in total. The van der Waals surface area contributed by atoms with Gasteiger partial charge in [0.15, 0.2) is 17.0 Å². The zero-order valence-electron chi connectivity index (χ0n) is 17.6. The first-order valence-corrected chi connectivity index (χ1v) is 10.6. The van der Waals surface area contributed by atoms with Crippen LogP contribution in [0.4, 0.5) is 23.1 Å². The van der Waals surface area contributed by atoms with Crippen molar-refractivity contribution in [2.45, 2.75) is 0 Å². The Labute approximate surface area is 189 Å². The topological polar surface area (TPSA) is 80.6 Å². The molecular weight excluding hydrogens is 410 g/mol. The minimum atomic E-state index is 0.474. The van der Waals surface area contributed by atoms with Crippen LogP contribution in [0.15, 0.2) is 104 Å². The molecule has 7 heteroatoms. The van der Waals surface area contributed by atoms with Crippen LogP contribution in [-0.2, 0) is 0 Å². The molecule has 0 aliphatic carbocycles. The van der Waals surface area contributed by atoms with E-state index in [-0.39, 0.29) is 0 Å². The van der Waals surface area contributed by atoms with Gasteiger partial charge >= 0.3 is 0 Å². The van der Waals surface area contributed by atoms with Gasteiger partial charge in [-0.3, -0.25) is 9.55 Å². The first-order chi connectivity index (χ1) is 16.3. The molecule has 0 atom stereocenters. The molecule has 3 aromatic carbocycles. The summed E-state index contributed by atoms with van der Waals surface area (Å²) in [5.41, 5.74) is 5.12. The number of hydrogen-bond acceptors (Lipinski definition) is 6. The van der Waals surface area contributed by atoms with E-state index in [4.69, 9.17) is 9.97 Å². The van der Waals surface area contributed by atoms with E-state index < -0.39 is 0 Å². The summed E-state index contributed by atoms with van der Waals surface area (Å²) in [4.78, 5) is 18.6. The molecule has 3 heterocycles. The Bertz CT molecular complexity index is 1560. The predicted molar refractivity (Wildman–Crippen MR) is 131 cm³/mol. The molecule has 0 fully saturated rings. The first kappa shape index (κ1) is 18.9. The molecule has 6 aromatic rings. The lowest BCUT2D eigenvalue weighted by Gasteiger charge is -2.11. The molecule has 0 bridgehead atoms. The zero-order valence-corrected chi connectivity index (χ0v) is 17.6. The molecule has 2 N–H and O–H groups in total. The van der Waals surface area contributed by atoms with E-state index in [0.717, 1.165) is 28.0 Å². The van der Waals surface area contributed by atoms with Crippen molar-refractivity contribution in [2.75, 3.05) is 10.6 Å². The van der Waals surface area contributed by atoms with Gasteiger partial charge in [-0.1, -0.05) is 42.5 Å². The minimum absolute atomic E-state index is 0.474. The molecule has 0 aliphatic rings. The second kappa shape index (κ2) is 8.05. The van der Waals surface area contributed by atoms with Crippen molar-refractivity contribution < 1.29 is 0 Å². The SMILES string of the molecule is c1ccc(Nc2nc(Nc3ccc4ncccc4c3)nc3c2ncn3-c2ccccc2)cc1. The second-order valence-corrected chi connectivity index (χ2v) is 7.55. The Morgan fingerprint density at radius 1 is 0.667 bits per heavy atom. The summed E-state index contributed by atoms with van der Waals surface area (Å²) < 4.78 is 1.96. The Kier molecular flexibility index (Phi) is 4.62. The fourth-order valence-corrected chi connectivity index (χ4v) is 3.76.